The SMILES string of the molecule is CC(C)C(=O)N(C)c1cc(C(=O)CC(C)c2cnccn2)cc(-c2ccc(Cl)cc2Cl)c1. The first-order chi connectivity index (χ1) is 15.2. The van der Waals surface area contributed by atoms with E-state index < -0.39 is 0 Å². The molecule has 2 aromatic carbocycles. The minimum Gasteiger partial charge on any atom is -0.315 e. The van der Waals surface area contributed by atoms with Gasteiger partial charge < -0.3 is 4.90 Å². The standard InChI is InChI=1S/C25H25Cl2N3O2/c1-15(2)25(32)30(4)20-11-17(21-6-5-19(26)13-22(21)27)10-18(12-20)24(31)9-16(3)23-14-28-7-8-29-23/h5-8,10-16H,9H2,1-4H3. The highest BCUT2D eigenvalue weighted by Crippen LogP contribution is 2.34. The molecule has 166 valence electrons. The number of ketones is 1. The molecule has 0 saturated carbocycles. The van der Waals surface area contributed by atoms with Crippen molar-refractivity contribution in [3.63, 3.8) is 0 Å². The van der Waals surface area contributed by atoms with E-state index >= 15 is 0 Å². The monoisotopic (exact) mass is 469 g/mol. The fraction of sp³-hybridized carbons (Fsp3) is 0.280. The third kappa shape index (κ3) is 5.53. The van der Waals surface area contributed by atoms with Crippen LogP contribution in [0.2, 0.25) is 10.0 Å². The summed E-state index contributed by atoms with van der Waals surface area (Å²) in [6, 6.07) is 10.6. The number of nitrogens with zero attached hydrogens (tertiary/aromatic N) is 3. The molecule has 1 heterocycles. The third-order valence-electron chi connectivity index (χ3n) is 5.27. The van der Waals surface area contributed by atoms with Crippen LogP contribution in [0.4, 0.5) is 5.69 Å². The summed E-state index contributed by atoms with van der Waals surface area (Å²) in [5.74, 6) is -0.381. The molecule has 0 fully saturated rings. The van der Waals surface area contributed by atoms with Crippen molar-refractivity contribution in [2.75, 3.05) is 11.9 Å². The second-order valence-electron chi connectivity index (χ2n) is 8.10. The summed E-state index contributed by atoms with van der Waals surface area (Å²) in [6.07, 6.45) is 5.15. The molecule has 7 heteroatoms. The highest BCUT2D eigenvalue weighted by atomic mass is 35.5. The van der Waals surface area contributed by atoms with E-state index in [-0.39, 0.29) is 29.9 Å². The van der Waals surface area contributed by atoms with Gasteiger partial charge in [0, 0.05) is 70.8 Å². The molecule has 0 spiro atoms. The average Bonchev–Trinajstić information content (AvgIpc) is 2.78. The van der Waals surface area contributed by atoms with E-state index in [0.717, 1.165) is 16.8 Å². The van der Waals surface area contributed by atoms with Crippen LogP contribution in [0.25, 0.3) is 11.1 Å². The Morgan fingerprint density at radius 2 is 1.78 bits per heavy atom. The van der Waals surface area contributed by atoms with Crippen molar-refractivity contribution in [2.45, 2.75) is 33.1 Å². The van der Waals surface area contributed by atoms with Crippen molar-refractivity contribution in [1.29, 1.82) is 0 Å². The normalized spacial score (nSPS) is 12.0. The van der Waals surface area contributed by atoms with Gasteiger partial charge in [0.15, 0.2) is 5.78 Å². The first-order valence-corrected chi connectivity index (χ1v) is 11.1. The summed E-state index contributed by atoms with van der Waals surface area (Å²) in [4.78, 5) is 35.8. The van der Waals surface area contributed by atoms with Gasteiger partial charge in [-0.05, 0) is 35.9 Å². The van der Waals surface area contributed by atoms with Gasteiger partial charge in [0.2, 0.25) is 5.91 Å². The lowest BCUT2D eigenvalue weighted by Crippen LogP contribution is -2.30. The van der Waals surface area contributed by atoms with Crippen LogP contribution in [0.15, 0.2) is 55.0 Å². The van der Waals surface area contributed by atoms with Gasteiger partial charge in [-0.3, -0.25) is 19.6 Å². The number of rotatable bonds is 7. The summed E-state index contributed by atoms with van der Waals surface area (Å²) in [5.41, 5.74) is 3.36. The van der Waals surface area contributed by atoms with Crippen LogP contribution in [0, 0.1) is 5.92 Å². The van der Waals surface area contributed by atoms with Crippen molar-refractivity contribution in [3.05, 3.63) is 76.3 Å². The Kier molecular flexibility index (Phi) is 7.64. The van der Waals surface area contributed by atoms with E-state index in [9.17, 15) is 9.59 Å². The number of anilines is 1. The van der Waals surface area contributed by atoms with Crippen molar-refractivity contribution in [3.8, 4) is 11.1 Å². The average molecular weight is 470 g/mol. The zero-order chi connectivity index (χ0) is 23.4. The molecule has 0 aliphatic rings. The van der Waals surface area contributed by atoms with Crippen LogP contribution >= 0.6 is 23.2 Å². The Hall–Kier alpha value is -2.76. The van der Waals surface area contributed by atoms with Gasteiger partial charge >= 0.3 is 0 Å². The van der Waals surface area contributed by atoms with Crippen molar-refractivity contribution in [2.24, 2.45) is 5.92 Å². The molecule has 0 radical (unpaired) electrons. The van der Waals surface area contributed by atoms with E-state index in [4.69, 9.17) is 23.2 Å². The van der Waals surface area contributed by atoms with Crippen LogP contribution in [0.3, 0.4) is 0 Å². The molecule has 3 rings (SSSR count). The molecule has 1 aromatic heterocycles. The Morgan fingerprint density at radius 3 is 2.41 bits per heavy atom. The Morgan fingerprint density at radius 1 is 1.03 bits per heavy atom. The van der Waals surface area contributed by atoms with Crippen LogP contribution in [-0.4, -0.2) is 28.7 Å². The van der Waals surface area contributed by atoms with Crippen LogP contribution in [0.1, 0.15) is 49.2 Å². The molecule has 0 aliphatic heterocycles. The number of carbonyl (C=O) groups is 2. The Bertz CT molecular complexity index is 1130. The quantitative estimate of drug-likeness (QED) is 0.373. The van der Waals surface area contributed by atoms with Gasteiger partial charge in [0.1, 0.15) is 0 Å². The minimum absolute atomic E-state index is 0.0457. The smallest absolute Gasteiger partial charge is 0.229 e. The molecule has 0 N–H and O–H groups in total. The van der Waals surface area contributed by atoms with Crippen molar-refractivity contribution >= 4 is 40.6 Å². The summed E-state index contributed by atoms with van der Waals surface area (Å²) >= 11 is 12.5. The van der Waals surface area contributed by atoms with Gasteiger partial charge in [-0.1, -0.05) is 50.0 Å². The van der Waals surface area contributed by atoms with Gasteiger partial charge in [-0.25, -0.2) is 0 Å². The second kappa shape index (κ2) is 10.2. The van der Waals surface area contributed by atoms with Crippen LogP contribution in [-0.2, 0) is 4.79 Å². The zero-order valence-electron chi connectivity index (χ0n) is 18.5. The van der Waals surface area contributed by atoms with Crippen molar-refractivity contribution in [1.82, 2.24) is 9.97 Å². The number of halogens is 2. The third-order valence-corrected chi connectivity index (χ3v) is 5.82. The van der Waals surface area contributed by atoms with E-state index in [1.807, 2.05) is 32.9 Å². The molecular weight excluding hydrogens is 445 g/mol. The summed E-state index contributed by atoms with van der Waals surface area (Å²) < 4.78 is 0. The lowest BCUT2D eigenvalue weighted by atomic mass is 9.94. The fourth-order valence-corrected chi connectivity index (χ4v) is 3.94. The second-order valence-corrected chi connectivity index (χ2v) is 8.95. The Balaban J connectivity index is 2.03. The van der Waals surface area contributed by atoms with E-state index in [2.05, 4.69) is 9.97 Å². The first kappa shape index (κ1) is 23.9. The van der Waals surface area contributed by atoms with Gasteiger partial charge in [0.05, 0.1) is 5.69 Å². The highest BCUT2D eigenvalue weighted by molar-refractivity contribution is 6.36. The number of carbonyl (C=O) groups excluding carboxylic acids is 2. The van der Waals surface area contributed by atoms with Gasteiger partial charge in [-0.2, -0.15) is 0 Å². The molecule has 1 unspecified atom stereocenters. The zero-order valence-corrected chi connectivity index (χ0v) is 20.0. The minimum atomic E-state index is -0.182. The molecular formula is C25H25Cl2N3O2. The molecule has 0 saturated heterocycles. The molecule has 0 bridgehead atoms. The maximum absolute atomic E-state index is 13.2. The number of amides is 1. The van der Waals surface area contributed by atoms with Crippen molar-refractivity contribution < 1.29 is 9.59 Å². The van der Waals surface area contributed by atoms with Crippen LogP contribution in [0.5, 0.6) is 0 Å². The number of benzene rings is 2. The molecule has 1 atom stereocenters. The lowest BCUT2D eigenvalue weighted by Gasteiger charge is -2.22. The number of aromatic nitrogens is 2. The van der Waals surface area contributed by atoms with Crippen LogP contribution < -0.4 is 4.90 Å². The lowest BCUT2D eigenvalue weighted by molar-refractivity contribution is -0.121. The Labute approximate surface area is 198 Å². The first-order valence-electron chi connectivity index (χ1n) is 10.3. The highest BCUT2D eigenvalue weighted by Gasteiger charge is 2.20. The largest absolute Gasteiger partial charge is 0.315 e. The molecule has 3 aromatic rings. The number of Topliss-reactive ketones (excluding diaryl/α,β-unsaturated/α-hetero) is 1. The summed E-state index contributed by atoms with van der Waals surface area (Å²) in [6.45, 7) is 5.62. The summed E-state index contributed by atoms with van der Waals surface area (Å²) in [7, 11) is 1.71. The summed E-state index contributed by atoms with van der Waals surface area (Å²) in [5, 5.41) is 0.995. The van der Waals surface area contributed by atoms with E-state index in [1.165, 1.54) is 0 Å². The fourth-order valence-electron chi connectivity index (χ4n) is 3.43. The predicted octanol–water partition coefficient (Wildman–Crippen LogP) is 6.45. The molecule has 0 aliphatic carbocycles. The topological polar surface area (TPSA) is 63.2 Å². The van der Waals surface area contributed by atoms with E-state index in [1.54, 1.807) is 54.8 Å². The predicted molar refractivity (Wildman–Crippen MR) is 130 cm³/mol. The van der Waals surface area contributed by atoms with E-state index in [0.29, 0.717) is 21.3 Å². The molecule has 1 amide bonds. The molecule has 32 heavy (non-hydrogen) atoms. The molecule has 5 nitrogen and oxygen atoms in total. The maximum atomic E-state index is 13.2. The van der Waals surface area contributed by atoms with Gasteiger partial charge in [-0.15, -0.1) is 0 Å². The number of hydrogen-bond donors (Lipinski definition) is 0. The maximum Gasteiger partial charge on any atom is 0.229 e. The van der Waals surface area contributed by atoms with Gasteiger partial charge in [0.25, 0.3) is 0 Å². The number of hydrogen-bond acceptors (Lipinski definition) is 4.